The summed E-state index contributed by atoms with van der Waals surface area (Å²) in [5, 5.41) is 10.9. The van der Waals surface area contributed by atoms with E-state index in [0.717, 1.165) is 63.8 Å². The van der Waals surface area contributed by atoms with Crippen LogP contribution in [-0.2, 0) is 11.3 Å². The first-order valence-electron chi connectivity index (χ1n) is 13.5. The van der Waals surface area contributed by atoms with Crippen LogP contribution in [0.15, 0.2) is 72.8 Å². The molecule has 0 spiro atoms. The monoisotopic (exact) mass is 540 g/mol. The number of methoxy groups -OCH3 is 2. The smallest absolute Gasteiger partial charge is 0.410 e. The Labute approximate surface area is 235 Å². The van der Waals surface area contributed by atoms with Crippen LogP contribution in [0.2, 0.25) is 0 Å². The second-order valence-electron chi connectivity index (χ2n) is 11.0. The lowest BCUT2D eigenvalue weighted by molar-refractivity contribution is 0.0216. The van der Waals surface area contributed by atoms with Gasteiger partial charge in [-0.15, -0.1) is 0 Å². The molecule has 1 heterocycles. The number of nitrogens with zero attached hydrogens (tertiary/aromatic N) is 2. The summed E-state index contributed by atoms with van der Waals surface area (Å²) in [4.78, 5) is 14.5. The van der Waals surface area contributed by atoms with Gasteiger partial charge in [-0.3, -0.25) is 5.10 Å². The molecule has 0 atom stereocenters. The van der Waals surface area contributed by atoms with E-state index in [1.54, 1.807) is 14.2 Å². The molecule has 0 bridgehead atoms. The van der Waals surface area contributed by atoms with Crippen LogP contribution in [0.3, 0.4) is 0 Å². The van der Waals surface area contributed by atoms with E-state index in [2.05, 4.69) is 39.8 Å². The second kappa shape index (κ2) is 11.3. The summed E-state index contributed by atoms with van der Waals surface area (Å²) in [5.41, 5.74) is 5.44. The van der Waals surface area contributed by atoms with Gasteiger partial charge >= 0.3 is 6.09 Å². The Morgan fingerprint density at radius 2 is 1.65 bits per heavy atom. The van der Waals surface area contributed by atoms with Gasteiger partial charge in [-0.1, -0.05) is 36.4 Å². The number of hydrogen-bond donors (Lipinski definition) is 2. The summed E-state index contributed by atoms with van der Waals surface area (Å²) >= 11 is 0. The van der Waals surface area contributed by atoms with Crippen LogP contribution in [0.5, 0.6) is 11.5 Å². The second-order valence-corrected chi connectivity index (χ2v) is 11.0. The molecule has 1 aromatic heterocycles. The van der Waals surface area contributed by atoms with Crippen molar-refractivity contribution in [2.45, 2.75) is 51.8 Å². The molecule has 40 heavy (non-hydrogen) atoms. The van der Waals surface area contributed by atoms with Gasteiger partial charge in [0.25, 0.3) is 0 Å². The van der Waals surface area contributed by atoms with Gasteiger partial charge in [0, 0.05) is 36.0 Å². The number of H-pyrrole nitrogens is 1. The molecule has 8 nitrogen and oxygen atoms in total. The number of hydrogen-bond acceptors (Lipinski definition) is 6. The Balaban J connectivity index is 1.22. The van der Waals surface area contributed by atoms with Crippen LogP contribution >= 0.6 is 0 Å². The molecular formula is C32H36N4O4. The highest BCUT2D eigenvalue weighted by Crippen LogP contribution is 2.35. The van der Waals surface area contributed by atoms with Crippen molar-refractivity contribution in [3.8, 4) is 33.9 Å². The topological polar surface area (TPSA) is 88.7 Å². The van der Waals surface area contributed by atoms with E-state index in [0.29, 0.717) is 6.54 Å². The number of carbonyl (C=O) groups is 1. The minimum atomic E-state index is -0.507. The first kappa shape index (κ1) is 27.1. The molecule has 0 saturated heterocycles. The first-order valence-corrected chi connectivity index (χ1v) is 13.5. The van der Waals surface area contributed by atoms with Crippen LogP contribution in [0.4, 0.5) is 16.3 Å². The number of rotatable bonds is 9. The zero-order chi connectivity index (χ0) is 28.3. The zero-order valence-corrected chi connectivity index (χ0v) is 23.7. The van der Waals surface area contributed by atoms with Crippen molar-refractivity contribution in [1.29, 1.82) is 0 Å². The van der Waals surface area contributed by atoms with E-state index in [9.17, 15) is 4.79 Å². The van der Waals surface area contributed by atoms with Crippen LogP contribution < -0.4 is 14.8 Å². The average Bonchev–Trinajstić information content (AvgIpc) is 3.68. The maximum Gasteiger partial charge on any atom is 0.410 e. The highest BCUT2D eigenvalue weighted by molar-refractivity contribution is 5.75. The van der Waals surface area contributed by atoms with Gasteiger partial charge in [-0.05, 0) is 74.6 Å². The Bertz CT molecular complexity index is 1450. The lowest BCUT2D eigenvalue weighted by Gasteiger charge is -2.27. The fourth-order valence-corrected chi connectivity index (χ4v) is 4.49. The van der Waals surface area contributed by atoms with Gasteiger partial charge in [0.1, 0.15) is 17.1 Å². The highest BCUT2D eigenvalue weighted by atomic mass is 16.6. The van der Waals surface area contributed by atoms with Crippen molar-refractivity contribution < 1.29 is 19.0 Å². The fourth-order valence-electron chi connectivity index (χ4n) is 4.49. The van der Waals surface area contributed by atoms with Crippen LogP contribution in [-0.4, -0.2) is 47.1 Å². The van der Waals surface area contributed by atoms with Crippen molar-refractivity contribution >= 4 is 17.6 Å². The van der Waals surface area contributed by atoms with Crippen molar-refractivity contribution in [3.05, 3.63) is 78.4 Å². The molecular weight excluding hydrogens is 504 g/mol. The van der Waals surface area contributed by atoms with E-state index in [1.165, 1.54) is 0 Å². The highest BCUT2D eigenvalue weighted by Gasteiger charge is 2.35. The zero-order valence-electron chi connectivity index (χ0n) is 23.7. The molecule has 4 aromatic rings. The standard InChI is InChI=1S/C32H36N4O4/c1-32(2,3)40-31(37)36(25-14-15-25)20-21-6-12-24(13-7-21)33-30-19-28(34-35-30)23-10-8-22(9-11-23)27-17-16-26(38-4)18-29(27)39-5/h6-13,16-19,25H,14-15,20H2,1-5H3,(H2,33,34,35). The Morgan fingerprint density at radius 1 is 0.950 bits per heavy atom. The van der Waals surface area contributed by atoms with Gasteiger partial charge in [0.15, 0.2) is 5.82 Å². The molecule has 1 fully saturated rings. The number of anilines is 2. The first-order chi connectivity index (χ1) is 19.2. The van der Waals surface area contributed by atoms with E-state index in [4.69, 9.17) is 14.2 Å². The van der Waals surface area contributed by atoms with Gasteiger partial charge in [-0.25, -0.2) is 4.79 Å². The molecule has 0 aliphatic heterocycles. The number of aromatic nitrogens is 2. The van der Waals surface area contributed by atoms with E-state index in [-0.39, 0.29) is 12.1 Å². The third kappa shape index (κ3) is 6.57. The van der Waals surface area contributed by atoms with Crippen molar-refractivity contribution in [3.63, 3.8) is 0 Å². The third-order valence-corrected chi connectivity index (χ3v) is 6.69. The summed E-state index contributed by atoms with van der Waals surface area (Å²) in [7, 11) is 3.30. The number of carbonyl (C=O) groups excluding carboxylic acids is 1. The molecule has 2 N–H and O–H groups in total. The summed E-state index contributed by atoms with van der Waals surface area (Å²) in [6.07, 6.45) is 1.80. The van der Waals surface area contributed by atoms with Crippen molar-refractivity contribution in [1.82, 2.24) is 15.1 Å². The lowest BCUT2D eigenvalue weighted by atomic mass is 10.0. The molecule has 1 aliphatic rings. The number of ether oxygens (including phenoxy) is 3. The molecule has 5 rings (SSSR count). The molecule has 1 aliphatic carbocycles. The fraction of sp³-hybridized carbons (Fsp3) is 0.312. The summed E-state index contributed by atoms with van der Waals surface area (Å²) < 4.78 is 16.5. The Hall–Kier alpha value is -4.46. The minimum absolute atomic E-state index is 0.252. The molecule has 1 amide bonds. The third-order valence-electron chi connectivity index (χ3n) is 6.69. The van der Waals surface area contributed by atoms with E-state index in [1.807, 2.05) is 74.2 Å². The van der Waals surface area contributed by atoms with Crippen molar-refractivity contribution in [2.75, 3.05) is 19.5 Å². The number of amides is 1. The minimum Gasteiger partial charge on any atom is -0.497 e. The van der Waals surface area contributed by atoms with Crippen LogP contribution in [0, 0.1) is 0 Å². The predicted molar refractivity (Wildman–Crippen MR) is 157 cm³/mol. The summed E-state index contributed by atoms with van der Waals surface area (Å²) in [6, 6.07) is 24.4. The van der Waals surface area contributed by atoms with Gasteiger partial charge in [0.2, 0.25) is 0 Å². The Kier molecular flexibility index (Phi) is 7.69. The SMILES string of the molecule is COc1ccc(-c2ccc(-c3cc(Nc4ccc(CN(C(=O)OC(C)(C)C)C5CC5)cc4)n[nH]3)cc2)c(OC)c1. The largest absolute Gasteiger partial charge is 0.497 e. The van der Waals surface area contributed by atoms with E-state index < -0.39 is 5.60 Å². The predicted octanol–water partition coefficient (Wildman–Crippen LogP) is 7.40. The Morgan fingerprint density at radius 3 is 2.27 bits per heavy atom. The normalized spacial score (nSPS) is 13.0. The van der Waals surface area contributed by atoms with Gasteiger partial charge in [-0.2, -0.15) is 5.10 Å². The molecule has 1 saturated carbocycles. The molecule has 3 aromatic carbocycles. The number of aromatic amines is 1. The van der Waals surface area contributed by atoms with Crippen LogP contribution in [0.1, 0.15) is 39.2 Å². The quantitative estimate of drug-likeness (QED) is 0.230. The maximum absolute atomic E-state index is 12.7. The number of benzene rings is 3. The molecule has 0 radical (unpaired) electrons. The van der Waals surface area contributed by atoms with Gasteiger partial charge < -0.3 is 24.4 Å². The van der Waals surface area contributed by atoms with E-state index >= 15 is 0 Å². The average molecular weight is 541 g/mol. The maximum atomic E-state index is 12.7. The lowest BCUT2D eigenvalue weighted by Crippen LogP contribution is -2.37. The summed E-state index contributed by atoms with van der Waals surface area (Å²) in [5.74, 6) is 2.23. The van der Waals surface area contributed by atoms with Crippen LogP contribution in [0.25, 0.3) is 22.4 Å². The molecule has 208 valence electrons. The molecule has 8 heteroatoms. The summed E-state index contributed by atoms with van der Waals surface area (Å²) in [6.45, 7) is 6.22. The van der Waals surface area contributed by atoms with Gasteiger partial charge in [0.05, 0.1) is 19.9 Å². The number of nitrogens with one attached hydrogen (secondary N) is 2. The molecule has 0 unspecified atom stereocenters. The van der Waals surface area contributed by atoms with Crippen molar-refractivity contribution in [2.24, 2.45) is 0 Å².